The normalized spacial score (nSPS) is 15.1. The van der Waals surface area contributed by atoms with E-state index in [-0.39, 0.29) is 0 Å². The summed E-state index contributed by atoms with van der Waals surface area (Å²) in [6, 6.07) is 63.9. The lowest BCUT2D eigenvalue weighted by Crippen LogP contribution is -2.62. The fourth-order valence-electron chi connectivity index (χ4n) is 7.99. The van der Waals surface area contributed by atoms with Crippen LogP contribution in [0.1, 0.15) is 22.3 Å². The number of rotatable bonds is 2. The Kier molecular flexibility index (Phi) is 6.20. The van der Waals surface area contributed by atoms with Crippen LogP contribution in [0, 0.1) is 0 Å². The van der Waals surface area contributed by atoms with Crippen molar-refractivity contribution in [2.45, 2.75) is 25.0 Å². The highest BCUT2D eigenvalue weighted by Gasteiger charge is 2.51. The summed E-state index contributed by atoms with van der Waals surface area (Å²) in [6.45, 7) is 0. The summed E-state index contributed by atoms with van der Waals surface area (Å²) < 4.78 is 0. The van der Waals surface area contributed by atoms with E-state index in [4.69, 9.17) is 0 Å². The third kappa shape index (κ3) is 3.93. The van der Waals surface area contributed by atoms with Crippen LogP contribution < -0.4 is 20.5 Å². The van der Waals surface area contributed by atoms with Crippen LogP contribution in [-0.2, 0) is 5.41 Å². The smallest absolute Gasteiger partial charge is 0.155 e. The number of benzene rings is 7. The van der Waals surface area contributed by atoms with Crippen molar-refractivity contribution in [3.8, 4) is 0 Å². The van der Waals surface area contributed by atoms with Crippen molar-refractivity contribution < 1.29 is 0 Å². The first-order valence-electron chi connectivity index (χ1n) is 16.0. The van der Waals surface area contributed by atoms with Crippen LogP contribution in [0.2, 0.25) is 0 Å². The Morgan fingerprint density at radius 3 is 1.55 bits per heavy atom. The van der Waals surface area contributed by atoms with Crippen molar-refractivity contribution in [2.75, 3.05) is 4.90 Å². The largest absolute Gasteiger partial charge is 0.308 e. The van der Waals surface area contributed by atoms with Crippen LogP contribution in [0.5, 0.6) is 0 Å². The molecule has 3 aliphatic heterocycles. The molecule has 0 bridgehead atoms. The van der Waals surface area contributed by atoms with Gasteiger partial charge in [-0.2, -0.15) is 0 Å². The predicted molar refractivity (Wildman–Crippen MR) is 199 cm³/mol. The second-order valence-corrected chi connectivity index (χ2v) is 16.8. The Labute approximate surface area is 285 Å². The first kappa shape index (κ1) is 27.4. The maximum absolute atomic E-state index is 2.55. The van der Waals surface area contributed by atoms with Gasteiger partial charge in [-0.1, -0.05) is 150 Å². The molecule has 1 nitrogen and oxygen atoms in total. The van der Waals surface area contributed by atoms with Gasteiger partial charge in [0.15, 0.2) is 8.80 Å². The average molecular weight is 651 g/mol. The fraction of sp³-hybridized carbons (Fsp3) is 0.0233. The van der Waals surface area contributed by atoms with Crippen LogP contribution in [0.3, 0.4) is 0 Å². The zero-order chi connectivity index (χ0) is 31.0. The molecule has 0 N–H and O–H groups in total. The molecular formula is C43H28NS2Si. The highest BCUT2D eigenvalue weighted by atomic mass is 32.2. The molecule has 0 atom stereocenters. The van der Waals surface area contributed by atoms with Crippen LogP contribution >= 0.6 is 23.5 Å². The molecular weight excluding hydrogens is 623 g/mol. The highest BCUT2D eigenvalue weighted by molar-refractivity contribution is 8.00. The Hall–Kier alpha value is -4.74. The number of fused-ring (bicyclic) bond motifs is 10. The number of hydrogen-bond acceptors (Lipinski definition) is 3. The van der Waals surface area contributed by atoms with Gasteiger partial charge < -0.3 is 4.90 Å². The van der Waals surface area contributed by atoms with Crippen molar-refractivity contribution in [3.05, 3.63) is 192 Å². The Morgan fingerprint density at radius 1 is 0.404 bits per heavy atom. The molecule has 47 heavy (non-hydrogen) atoms. The second kappa shape index (κ2) is 10.6. The Bertz CT molecular complexity index is 2260. The van der Waals surface area contributed by atoms with Crippen molar-refractivity contribution in [3.63, 3.8) is 0 Å². The van der Waals surface area contributed by atoms with Gasteiger partial charge in [0.25, 0.3) is 0 Å². The number of anilines is 3. The molecule has 0 saturated heterocycles. The Morgan fingerprint density at radius 2 is 0.894 bits per heavy atom. The summed E-state index contributed by atoms with van der Waals surface area (Å²) in [5, 5.41) is 4.37. The van der Waals surface area contributed by atoms with Crippen molar-refractivity contribution in [2.24, 2.45) is 0 Å². The molecule has 0 fully saturated rings. The van der Waals surface area contributed by atoms with Gasteiger partial charge in [0.1, 0.15) is 0 Å². The standard InChI is InChI=1S/C43H28NS2Si/c1-2-14-30(15-3-1)47-41-25-13-6-18-33(41)43(31-16-4-9-21-37(31)45-38-22-10-5-17-32(38)43)34-28-29(26-27-42(34)47)44-35-19-7-11-23-39(35)46-40-24-12-8-20-36(40)44/h1-28H. The molecule has 10 rings (SSSR count). The summed E-state index contributed by atoms with van der Waals surface area (Å²) in [5.41, 5.74) is 8.78. The minimum atomic E-state index is -1.31. The third-order valence-corrected chi connectivity index (χ3v) is 15.0. The summed E-state index contributed by atoms with van der Waals surface area (Å²) in [7, 11) is -1.31. The van der Waals surface area contributed by atoms with Gasteiger partial charge in [0.2, 0.25) is 0 Å². The predicted octanol–water partition coefficient (Wildman–Crippen LogP) is 9.30. The lowest BCUT2D eigenvalue weighted by Gasteiger charge is -2.48. The SMILES string of the molecule is c1ccc([Si]2c3ccccc3C3(c4ccccc4Sc4ccccc43)c3cc(N4c5ccccc5Sc5ccccc54)ccc32)cc1. The van der Waals surface area contributed by atoms with Gasteiger partial charge >= 0.3 is 0 Å². The van der Waals surface area contributed by atoms with Crippen LogP contribution in [0.4, 0.5) is 17.1 Å². The number of para-hydroxylation sites is 2. The maximum atomic E-state index is 2.55. The minimum Gasteiger partial charge on any atom is -0.308 e. The number of hydrogen-bond donors (Lipinski definition) is 0. The molecule has 3 aliphatic rings. The van der Waals surface area contributed by atoms with Crippen molar-refractivity contribution in [1.29, 1.82) is 0 Å². The molecule has 3 heterocycles. The number of nitrogens with zero attached hydrogens (tertiary/aromatic N) is 1. The first-order valence-corrected chi connectivity index (χ1v) is 19.2. The van der Waals surface area contributed by atoms with E-state index in [1.54, 1.807) is 0 Å². The van der Waals surface area contributed by atoms with Crippen molar-refractivity contribution in [1.82, 2.24) is 0 Å². The molecule has 0 unspecified atom stereocenters. The zero-order valence-corrected chi connectivity index (χ0v) is 28.1. The molecule has 0 saturated carbocycles. The van der Waals surface area contributed by atoms with E-state index in [1.165, 1.54) is 74.5 Å². The molecule has 7 aromatic carbocycles. The van der Waals surface area contributed by atoms with Gasteiger partial charge in [-0.15, -0.1) is 0 Å². The maximum Gasteiger partial charge on any atom is 0.155 e. The fourth-order valence-corrected chi connectivity index (χ4v) is 13.3. The van der Waals surface area contributed by atoms with E-state index in [2.05, 4.69) is 175 Å². The molecule has 0 amide bonds. The van der Waals surface area contributed by atoms with Crippen LogP contribution in [0.15, 0.2) is 189 Å². The lowest BCUT2D eigenvalue weighted by molar-refractivity contribution is 0.708. The van der Waals surface area contributed by atoms with Crippen LogP contribution in [-0.4, -0.2) is 8.80 Å². The third-order valence-electron chi connectivity index (χ3n) is 9.83. The van der Waals surface area contributed by atoms with Gasteiger partial charge in [-0.25, -0.2) is 0 Å². The first-order chi connectivity index (χ1) is 23.3. The van der Waals surface area contributed by atoms with Gasteiger partial charge in [0.05, 0.1) is 16.8 Å². The van der Waals surface area contributed by atoms with E-state index < -0.39 is 14.2 Å². The molecule has 4 heteroatoms. The monoisotopic (exact) mass is 650 g/mol. The highest BCUT2D eigenvalue weighted by Crippen LogP contribution is 2.57. The lowest BCUT2D eigenvalue weighted by atomic mass is 9.64. The van der Waals surface area contributed by atoms with Gasteiger partial charge in [-0.3, -0.25) is 0 Å². The van der Waals surface area contributed by atoms with E-state index >= 15 is 0 Å². The van der Waals surface area contributed by atoms with E-state index in [9.17, 15) is 0 Å². The quantitative estimate of drug-likeness (QED) is 0.172. The van der Waals surface area contributed by atoms with E-state index in [0.29, 0.717) is 0 Å². The summed E-state index contributed by atoms with van der Waals surface area (Å²) in [6.07, 6.45) is 0. The Balaban J connectivity index is 1.34. The summed E-state index contributed by atoms with van der Waals surface area (Å²) in [5.74, 6) is 0. The second-order valence-electron chi connectivity index (χ2n) is 12.2. The summed E-state index contributed by atoms with van der Waals surface area (Å²) in [4.78, 5) is 7.71. The topological polar surface area (TPSA) is 3.24 Å². The van der Waals surface area contributed by atoms with Gasteiger partial charge in [0, 0.05) is 25.3 Å². The molecule has 7 aromatic rings. The molecule has 0 aromatic heterocycles. The van der Waals surface area contributed by atoms with Crippen LogP contribution in [0.25, 0.3) is 0 Å². The van der Waals surface area contributed by atoms with E-state index in [1.807, 2.05) is 23.5 Å². The van der Waals surface area contributed by atoms with Crippen molar-refractivity contribution >= 4 is 64.9 Å². The summed E-state index contributed by atoms with van der Waals surface area (Å²) >= 11 is 3.77. The minimum absolute atomic E-state index is 0.451. The average Bonchev–Trinajstić information content (AvgIpc) is 3.14. The molecule has 0 aliphatic carbocycles. The molecule has 221 valence electrons. The molecule has 1 spiro atoms. The molecule has 1 radical (unpaired) electrons. The van der Waals surface area contributed by atoms with E-state index in [0.717, 1.165) is 0 Å². The zero-order valence-electron chi connectivity index (χ0n) is 25.4. The van der Waals surface area contributed by atoms with Gasteiger partial charge in [-0.05, 0) is 81.2 Å².